The minimum Gasteiger partial charge on any atom is -0.379 e. The van der Waals surface area contributed by atoms with Crippen molar-refractivity contribution in [3.05, 3.63) is 35.9 Å². The quantitative estimate of drug-likeness (QED) is 0.678. The average molecular weight is 403 g/mol. The third-order valence-electron chi connectivity index (χ3n) is 5.69. The highest BCUT2D eigenvalue weighted by molar-refractivity contribution is 5.79. The molecule has 2 saturated heterocycles. The van der Waals surface area contributed by atoms with Crippen molar-refractivity contribution >= 4 is 11.8 Å². The summed E-state index contributed by atoms with van der Waals surface area (Å²) in [5, 5.41) is 0. The Balaban J connectivity index is 1.44. The molecule has 0 unspecified atom stereocenters. The first-order valence-electron chi connectivity index (χ1n) is 10.7. The SMILES string of the molecule is CC(C)N(Cc1ccccc1)C(=O)CN1CCN(C(=O)CN2CCOCC2)CC1. The Hall–Kier alpha value is -1.96. The summed E-state index contributed by atoms with van der Waals surface area (Å²) in [5.74, 6) is 0.336. The van der Waals surface area contributed by atoms with E-state index in [4.69, 9.17) is 4.74 Å². The van der Waals surface area contributed by atoms with Gasteiger partial charge in [0, 0.05) is 51.9 Å². The van der Waals surface area contributed by atoms with E-state index in [-0.39, 0.29) is 17.9 Å². The Morgan fingerprint density at radius 1 is 0.931 bits per heavy atom. The lowest BCUT2D eigenvalue weighted by atomic mass is 10.2. The maximum atomic E-state index is 12.9. The van der Waals surface area contributed by atoms with Crippen LogP contribution in [-0.2, 0) is 20.9 Å². The molecule has 1 aromatic rings. The normalized spacial score (nSPS) is 18.8. The van der Waals surface area contributed by atoms with Crippen LogP contribution in [0.5, 0.6) is 0 Å². The van der Waals surface area contributed by atoms with Crippen molar-refractivity contribution in [3.63, 3.8) is 0 Å². The first-order chi connectivity index (χ1) is 14.0. The Kier molecular flexibility index (Phi) is 8.03. The molecule has 2 amide bonds. The van der Waals surface area contributed by atoms with Crippen LogP contribution in [0, 0.1) is 0 Å². The van der Waals surface area contributed by atoms with Crippen LogP contribution in [-0.4, -0.2) is 103 Å². The number of hydrogen-bond donors (Lipinski definition) is 0. The van der Waals surface area contributed by atoms with E-state index in [9.17, 15) is 9.59 Å². The number of benzene rings is 1. The number of morpholine rings is 1. The Labute approximate surface area is 174 Å². The molecule has 0 radical (unpaired) electrons. The smallest absolute Gasteiger partial charge is 0.237 e. The molecule has 7 heteroatoms. The van der Waals surface area contributed by atoms with Crippen molar-refractivity contribution < 1.29 is 14.3 Å². The zero-order chi connectivity index (χ0) is 20.6. The molecule has 29 heavy (non-hydrogen) atoms. The molecule has 0 spiro atoms. The molecule has 0 aliphatic carbocycles. The minimum absolute atomic E-state index is 0.150. The number of hydrogen-bond acceptors (Lipinski definition) is 5. The fourth-order valence-electron chi connectivity index (χ4n) is 3.83. The lowest BCUT2D eigenvalue weighted by molar-refractivity contribution is -0.137. The van der Waals surface area contributed by atoms with Gasteiger partial charge in [-0.3, -0.25) is 19.4 Å². The number of amides is 2. The summed E-state index contributed by atoms with van der Waals surface area (Å²) in [6.07, 6.45) is 0. The summed E-state index contributed by atoms with van der Waals surface area (Å²) in [6, 6.07) is 10.3. The molecule has 2 heterocycles. The van der Waals surface area contributed by atoms with Crippen molar-refractivity contribution in [1.29, 1.82) is 0 Å². The van der Waals surface area contributed by atoms with Crippen LogP contribution in [0.15, 0.2) is 30.3 Å². The van der Waals surface area contributed by atoms with Crippen LogP contribution < -0.4 is 0 Å². The van der Waals surface area contributed by atoms with Crippen LogP contribution in [0.2, 0.25) is 0 Å². The topological polar surface area (TPSA) is 56.3 Å². The second-order valence-corrected chi connectivity index (χ2v) is 8.15. The van der Waals surface area contributed by atoms with E-state index in [2.05, 4.69) is 35.8 Å². The van der Waals surface area contributed by atoms with Gasteiger partial charge in [0.2, 0.25) is 11.8 Å². The van der Waals surface area contributed by atoms with Gasteiger partial charge in [-0.2, -0.15) is 0 Å². The Morgan fingerprint density at radius 2 is 1.55 bits per heavy atom. The molecule has 1 aromatic carbocycles. The summed E-state index contributed by atoms with van der Waals surface area (Å²) < 4.78 is 5.34. The monoisotopic (exact) mass is 402 g/mol. The van der Waals surface area contributed by atoms with Gasteiger partial charge in [-0.1, -0.05) is 30.3 Å². The summed E-state index contributed by atoms with van der Waals surface area (Å²) in [6.45, 7) is 11.6. The Bertz CT molecular complexity index is 653. The van der Waals surface area contributed by atoms with Gasteiger partial charge in [0.25, 0.3) is 0 Å². The Morgan fingerprint density at radius 3 is 2.17 bits per heavy atom. The molecular formula is C22H34N4O3. The van der Waals surface area contributed by atoms with E-state index < -0.39 is 0 Å². The van der Waals surface area contributed by atoms with Crippen LogP contribution in [0.25, 0.3) is 0 Å². The van der Waals surface area contributed by atoms with E-state index in [0.29, 0.717) is 45.9 Å². The zero-order valence-electron chi connectivity index (χ0n) is 17.8. The van der Waals surface area contributed by atoms with Crippen molar-refractivity contribution in [3.8, 4) is 0 Å². The highest BCUT2D eigenvalue weighted by Crippen LogP contribution is 2.11. The number of nitrogens with zero attached hydrogens (tertiary/aromatic N) is 4. The lowest BCUT2D eigenvalue weighted by Gasteiger charge is -2.37. The van der Waals surface area contributed by atoms with Gasteiger partial charge < -0.3 is 14.5 Å². The molecule has 160 valence electrons. The molecule has 7 nitrogen and oxygen atoms in total. The van der Waals surface area contributed by atoms with Crippen molar-refractivity contribution in [1.82, 2.24) is 19.6 Å². The number of rotatable bonds is 7. The van der Waals surface area contributed by atoms with Gasteiger partial charge in [0.1, 0.15) is 0 Å². The maximum Gasteiger partial charge on any atom is 0.237 e. The summed E-state index contributed by atoms with van der Waals surface area (Å²) in [5.41, 5.74) is 1.15. The van der Waals surface area contributed by atoms with E-state index >= 15 is 0 Å². The third kappa shape index (κ3) is 6.52. The van der Waals surface area contributed by atoms with Crippen LogP contribution >= 0.6 is 0 Å². The molecule has 2 fully saturated rings. The molecule has 0 atom stereocenters. The van der Waals surface area contributed by atoms with Gasteiger partial charge in [0.15, 0.2) is 0 Å². The van der Waals surface area contributed by atoms with Crippen LogP contribution in [0.1, 0.15) is 19.4 Å². The predicted octanol–water partition coefficient (Wildman–Crippen LogP) is 0.900. The minimum atomic E-state index is 0.150. The summed E-state index contributed by atoms with van der Waals surface area (Å²) in [7, 11) is 0. The largest absolute Gasteiger partial charge is 0.379 e. The first-order valence-corrected chi connectivity index (χ1v) is 10.7. The van der Waals surface area contributed by atoms with Gasteiger partial charge in [-0.05, 0) is 19.4 Å². The lowest BCUT2D eigenvalue weighted by Crippen LogP contribution is -2.54. The second-order valence-electron chi connectivity index (χ2n) is 8.15. The number of ether oxygens (including phenoxy) is 1. The molecule has 2 aliphatic rings. The fourth-order valence-corrected chi connectivity index (χ4v) is 3.83. The van der Waals surface area contributed by atoms with E-state index in [0.717, 1.165) is 31.7 Å². The summed E-state index contributed by atoms with van der Waals surface area (Å²) in [4.78, 5) is 33.7. The van der Waals surface area contributed by atoms with Gasteiger partial charge >= 0.3 is 0 Å². The molecule has 0 N–H and O–H groups in total. The molecule has 0 saturated carbocycles. The highest BCUT2D eigenvalue weighted by atomic mass is 16.5. The van der Waals surface area contributed by atoms with Crippen molar-refractivity contribution in [2.24, 2.45) is 0 Å². The summed E-state index contributed by atoms with van der Waals surface area (Å²) >= 11 is 0. The first kappa shape index (κ1) is 21.7. The molecular weight excluding hydrogens is 368 g/mol. The van der Waals surface area contributed by atoms with Crippen LogP contribution in [0.3, 0.4) is 0 Å². The van der Waals surface area contributed by atoms with Gasteiger partial charge in [-0.25, -0.2) is 0 Å². The highest BCUT2D eigenvalue weighted by Gasteiger charge is 2.26. The maximum absolute atomic E-state index is 12.9. The fraction of sp³-hybridized carbons (Fsp3) is 0.636. The number of piperazine rings is 1. The average Bonchev–Trinajstić information content (AvgIpc) is 2.73. The molecule has 2 aliphatic heterocycles. The molecule has 0 aromatic heterocycles. The third-order valence-corrected chi connectivity index (χ3v) is 5.69. The van der Waals surface area contributed by atoms with E-state index in [1.165, 1.54) is 0 Å². The van der Waals surface area contributed by atoms with Crippen molar-refractivity contribution in [2.45, 2.75) is 26.4 Å². The van der Waals surface area contributed by atoms with E-state index in [1.807, 2.05) is 28.0 Å². The predicted molar refractivity (Wildman–Crippen MR) is 112 cm³/mol. The molecule has 3 rings (SSSR count). The molecule has 0 bridgehead atoms. The second kappa shape index (κ2) is 10.7. The van der Waals surface area contributed by atoms with Crippen LogP contribution in [0.4, 0.5) is 0 Å². The number of carbonyl (C=O) groups excluding carboxylic acids is 2. The van der Waals surface area contributed by atoms with E-state index in [1.54, 1.807) is 0 Å². The van der Waals surface area contributed by atoms with Gasteiger partial charge in [-0.15, -0.1) is 0 Å². The van der Waals surface area contributed by atoms with Gasteiger partial charge in [0.05, 0.1) is 26.3 Å². The van der Waals surface area contributed by atoms with Crippen molar-refractivity contribution in [2.75, 3.05) is 65.6 Å². The number of carbonyl (C=O) groups is 2. The standard InChI is InChI=1S/C22H34N4O3/c1-19(2)26(16-20-6-4-3-5-7-20)22(28)18-23-8-10-25(11-9-23)21(27)17-24-12-14-29-15-13-24/h3-7,19H,8-18H2,1-2H3. The zero-order valence-corrected chi connectivity index (χ0v) is 17.8.